The van der Waals surface area contributed by atoms with E-state index in [0.717, 1.165) is 18.4 Å². The van der Waals surface area contributed by atoms with Crippen molar-refractivity contribution >= 4 is 38.3 Å². The van der Waals surface area contributed by atoms with E-state index in [-0.39, 0.29) is 16.3 Å². The Balaban J connectivity index is 1.64. The van der Waals surface area contributed by atoms with Crippen LogP contribution in [0.5, 0.6) is 5.75 Å². The summed E-state index contributed by atoms with van der Waals surface area (Å²) in [6.45, 7) is 4.69. The Morgan fingerprint density at radius 2 is 1.84 bits per heavy atom. The van der Waals surface area contributed by atoms with Crippen molar-refractivity contribution in [3.8, 4) is 5.75 Å². The van der Waals surface area contributed by atoms with Crippen LogP contribution in [0.25, 0.3) is 10.9 Å². The normalized spacial score (nSPS) is 14.6. The van der Waals surface area contributed by atoms with Crippen molar-refractivity contribution in [1.29, 1.82) is 0 Å². The first-order valence-electron chi connectivity index (χ1n) is 10.5. The highest BCUT2D eigenvalue weighted by Gasteiger charge is 2.31. The lowest BCUT2D eigenvalue weighted by atomic mass is 10.1. The first-order valence-corrected chi connectivity index (χ1v) is 12.0. The van der Waals surface area contributed by atoms with Gasteiger partial charge in [-0.1, -0.05) is 18.2 Å². The number of Topliss-reactive ketones (excluding diaryl/α,β-unsaturated/α-hetero) is 1. The van der Waals surface area contributed by atoms with Crippen molar-refractivity contribution < 1.29 is 22.7 Å². The van der Waals surface area contributed by atoms with Gasteiger partial charge in [0.1, 0.15) is 10.6 Å². The standard InChI is InChI=1S/C23H25N3O5S/c1-3-31-19-11-10-16(14-20(19)32(29,30)26-12-6-7-13-26)25-23(28)22(27)21-15(2)24-18-9-5-4-8-17(18)21/h4-5,8-11,14,24H,3,6-7,12-13H2,1-2H3,(H,25,28). The van der Waals surface area contributed by atoms with Crippen LogP contribution in [-0.2, 0) is 14.8 Å². The summed E-state index contributed by atoms with van der Waals surface area (Å²) in [5, 5.41) is 3.21. The largest absolute Gasteiger partial charge is 0.492 e. The molecule has 0 aliphatic carbocycles. The van der Waals surface area contributed by atoms with E-state index in [0.29, 0.717) is 36.3 Å². The van der Waals surface area contributed by atoms with E-state index in [9.17, 15) is 18.0 Å². The van der Waals surface area contributed by atoms with E-state index >= 15 is 0 Å². The molecule has 1 amide bonds. The van der Waals surface area contributed by atoms with Gasteiger partial charge in [0.2, 0.25) is 10.0 Å². The van der Waals surface area contributed by atoms with Gasteiger partial charge < -0.3 is 15.0 Å². The molecule has 2 heterocycles. The van der Waals surface area contributed by atoms with Crippen molar-refractivity contribution in [3.05, 3.63) is 53.7 Å². The summed E-state index contributed by atoms with van der Waals surface area (Å²) in [6.07, 6.45) is 1.61. The maximum atomic E-state index is 13.1. The van der Waals surface area contributed by atoms with Gasteiger partial charge in [-0.05, 0) is 51.0 Å². The molecule has 1 fully saturated rings. The summed E-state index contributed by atoms with van der Waals surface area (Å²) in [4.78, 5) is 28.8. The Labute approximate surface area is 186 Å². The van der Waals surface area contributed by atoms with Crippen LogP contribution in [0, 0.1) is 6.92 Å². The second-order valence-electron chi connectivity index (χ2n) is 7.66. The van der Waals surface area contributed by atoms with Crippen LogP contribution < -0.4 is 10.1 Å². The molecule has 2 N–H and O–H groups in total. The summed E-state index contributed by atoms with van der Waals surface area (Å²) in [6, 6.07) is 11.6. The monoisotopic (exact) mass is 455 g/mol. The van der Waals surface area contributed by atoms with E-state index in [2.05, 4.69) is 10.3 Å². The molecule has 4 rings (SSSR count). The van der Waals surface area contributed by atoms with Crippen LogP contribution in [0.2, 0.25) is 0 Å². The summed E-state index contributed by atoms with van der Waals surface area (Å²) in [5.41, 5.74) is 1.87. The zero-order chi connectivity index (χ0) is 22.9. The minimum Gasteiger partial charge on any atom is -0.492 e. The fourth-order valence-electron chi connectivity index (χ4n) is 4.00. The zero-order valence-corrected chi connectivity index (χ0v) is 18.8. The highest BCUT2D eigenvalue weighted by molar-refractivity contribution is 7.89. The molecule has 1 aromatic heterocycles. The second-order valence-corrected chi connectivity index (χ2v) is 9.57. The van der Waals surface area contributed by atoms with Crippen molar-refractivity contribution in [2.24, 2.45) is 0 Å². The minimum atomic E-state index is -3.78. The second kappa shape index (κ2) is 8.76. The fraction of sp³-hybridized carbons (Fsp3) is 0.304. The van der Waals surface area contributed by atoms with Crippen molar-refractivity contribution in [1.82, 2.24) is 9.29 Å². The van der Waals surface area contributed by atoms with Crippen LogP contribution in [0.4, 0.5) is 5.69 Å². The number of fused-ring (bicyclic) bond motifs is 1. The van der Waals surface area contributed by atoms with Crippen molar-refractivity contribution in [3.63, 3.8) is 0 Å². The molecule has 0 atom stereocenters. The molecule has 0 saturated carbocycles. The van der Waals surface area contributed by atoms with Gasteiger partial charge in [-0.25, -0.2) is 8.42 Å². The molecule has 8 nitrogen and oxygen atoms in total. The summed E-state index contributed by atoms with van der Waals surface area (Å²) < 4.78 is 33.2. The number of nitrogens with zero attached hydrogens (tertiary/aromatic N) is 1. The van der Waals surface area contributed by atoms with Gasteiger partial charge in [-0.15, -0.1) is 0 Å². The zero-order valence-electron chi connectivity index (χ0n) is 18.0. The summed E-state index contributed by atoms with van der Waals surface area (Å²) in [7, 11) is -3.78. The third-order valence-electron chi connectivity index (χ3n) is 5.51. The number of ketones is 1. The number of hydrogen-bond donors (Lipinski definition) is 2. The molecule has 32 heavy (non-hydrogen) atoms. The van der Waals surface area contributed by atoms with Crippen molar-refractivity contribution in [2.75, 3.05) is 25.0 Å². The number of benzene rings is 2. The molecule has 1 aliphatic rings. The Hall–Kier alpha value is -3.17. The average molecular weight is 456 g/mol. The number of carbonyl (C=O) groups excluding carboxylic acids is 2. The lowest BCUT2D eigenvalue weighted by Crippen LogP contribution is -2.28. The third-order valence-corrected chi connectivity index (χ3v) is 7.43. The van der Waals surface area contributed by atoms with Crippen molar-refractivity contribution in [2.45, 2.75) is 31.6 Å². The van der Waals surface area contributed by atoms with E-state index in [1.165, 1.54) is 22.5 Å². The lowest BCUT2D eigenvalue weighted by Gasteiger charge is -2.19. The van der Waals surface area contributed by atoms with Crippen LogP contribution in [0.3, 0.4) is 0 Å². The highest BCUT2D eigenvalue weighted by atomic mass is 32.2. The number of aryl methyl sites for hydroxylation is 1. The average Bonchev–Trinajstić information content (AvgIpc) is 3.42. The molecule has 168 valence electrons. The number of hydrogen-bond acceptors (Lipinski definition) is 5. The molecule has 0 bridgehead atoms. The molecule has 9 heteroatoms. The molecular weight excluding hydrogens is 430 g/mol. The molecular formula is C23H25N3O5S. The van der Waals surface area contributed by atoms with Gasteiger partial charge in [0.15, 0.2) is 0 Å². The minimum absolute atomic E-state index is 0.0187. The van der Waals surface area contributed by atoms with E-state index in [4.69, 9.17) is 4.74 Å². The number of nitrogens with one attached hydrogen (secondary N) is 2. The van der Waals surface area contributed by atoms with E-state index < -0.39 is 21.7 Å². The van der Waals surface area contributed by atoms with Crippen LogP contribution >= 0.6 is 0 Å². The fourth-order valence-corrected chi connectivity index (χ4v) is 5.67. The van der Waals surface area contributed by atoms with Gasteiger partial charge >= 0.3 is 0 Å². The smallest absolute Gasteiger partial charge is 0.296 e. The third kappa shape index (κ3) is 4.01. The molecule has 3 aromatic rings. The lowest BCUT2D eigenvalue weighted by molar-refractivity contribution is -0.112. The summed E-state index contributed by atoms with van der Waals surface area (Å²) in [5.74, 6) is -1.32. The maximum absolute atomic E-state index is 13.1. The number of rotatable bonds is 7. The number of amides is 1. The van der Waals surface area contributed by atoms with Gasteiger partial charge in [-0.2, -0.15) is 4.31 Å². The number of aromatic nitrogens is 1. The topological polar surface area (TPSA) is 109 Å². The molecule has 0 spiro atoms. The van der Waals surface area contributed by atoms with Crippen LogP contribution in [-0.4, -0.2) is 49.1 Å². The Morgan fingerprint density at radius 1 is 1.12 bits per heavy atom. The van der Waals surface area contributed by atoms with Crippen LogP contribution in [0.1, 0.15) is 35.8 Å². The van der Waals surface area contributed by atoms with Gasteiger partial charge in [0.05, 0.1) is 12.2 Å². The van der Waals surface area contributed by atoms with E-state index in [1.807, 2.05) is 12.1 Å². The predicted octanol–water partition coefficient (Wildman–Crippen LogP) is 3.48. The van der Waals surface area contributed by atoms with Crippen LogP contribution in [0.15, 0.2) is 47.4 Å². The molecule has 1 saturated heterocycles. The first kappa shape index (κ1) is 22.0. The number of anilines is 1. The quantitative estimate of drug-likeness (QED) is 0.419. The highest BCUT2D eigenvalue weighted by Crippen LogP contribution is 2.32. The van der Waals surface area contributed by atoms with Gasteiger partial charge in [-0.3, -0.25) is 9.59 Å². The molecule has 2 aromatic carbocycles. The van der Waals surface area contributed by atoms with Gasteiger partial charge in [0.25, 0.3) is 11.7 Å². The summed E-state index contributed by atoms with van der Waals surface area (Å²) >= 11 is 0. The Morgan fingerprint density at radius 3 is 2.56 bits per heavy atom. The Kier molecular flexibility index (Phi) is 6.03. The Bertz CT molecular complexity index is 1290. The number of carbonyl (C=O) groups is 2. The SMILES string of the molecule is CCOc1ccc(NC(=O)C(=O)c2c(C)[nH]c3ccccc23)cc1S(=O)(=O)N1CCCC1. The molecule has 0 unspecified atom stereocenters. The number of sulfonamides is 1. The number of ether oxygens (including phenoxy) is 1. The molecule has 0 radical (unpaired) electrons. The van der Waals surface area contributed by atoms with Gasteiger partial charge in [0, 0.05) is 35.4 Å². The molecule has 1 aliphatic heterocycles. The number of aromatic amines is 1. The number of H-pyrrole nitrogens is 1. The first-order chi connectivity index (χ1) is 15.3. The number of para-hydroxylation sites is 1. The maximum Gasteiger partial charge on any atom is 0.296 e. The predicted molar refractivity (Wildman–Crippen MR) is 122 cm³/mol. The van der Waals surface area contributed by atoms with E-state index in [1.54, 1.807) is 26.0 Å².